The van der Waals surface area contributed by atoms with Crippen molar-refractivity contribution < 1.29 is 24.5 Å². The van der Waals surface area contributed by atoms with Gasteiger partial charge in [0.2, 0.25) is 0 Å². The van der Waals surface area contributed by atoms with E-state index >= 15 is 0 Å². The van der Waals surface area contributed by atoms with Gasteiger partial charge in [0.25, 0.3) is 11.8 Å². The second-order valence-corrected chi connectivity index (χ2v) is 11.3. The summed E-state index contributed by atoms with van der Waals surface area (Å²) >= 11 is 6.25. The highest BCUT2D eigenvalue weighted by Gasteiger charge is 2.55. The van der Waals surface area contributed by atoms with Crippen LogP contribution in [-0.4, -0.2) is 47.2 Å². The zero-order chi connectivity index (χ0) is 28.0. The first kappa shape index (κ1) is 27.3. The second kappa shape index (κ2) is 10.1. The summed E-state index contributed by atoms with van der Waals surface area (Å²) in [5.74, 6) is -0.868. The molecule has 2 aliphatic rings. The molecule has 0 bridgehead atoms. The number of benzene rings is 3. The number of likely N-dealkylation sites (N-methyl/N-ethyl adjacent to an activating group) is 1. The number of hydrogen-bond donors (Lipinski definition) is 3. The van der Waals surface area contributed by atoms with Gasteiger partial charge in [0, 0.05) is 40.7 Å². The van der Waals surface area contributed by atoms with Crippen LogP contribution in [0, 0.1) is 12.3 Å². The molecule has 2 amide bonds. The molecule has 1 fully saturated rings. The average molecular weight is 549 g/mol. The van der Waals surface area contributed by atoms with Gasteiger partial charge in [-0.1, -0.05) is 65.7 Å². The van der Waals surface area contributed by atoms with Crippen LogP contribution in [0.5, 0.6) is 0 Å². The van der Waals surface area contributed by atoms with Crippen molar-refractivity contribution in [3.05, 3.63) is 105 Å². The molecule has 39 heavy (non-hydrogen) atoms. The van der Waals surface area contributed by atoms with Gasteiger partial charge in [-0.05, 0) is 56.0 Å². The predicted molar refractivity (Wildman–Crippen MR) is 148 cm³/mol. The third-order valence-corrected chi connectivity index (χ3v) is 8.30. The molecule has 0 spiro atoms. The van der Waals surface area contributed by atoms with E-state index in [1.165, 1.54) is 14.0 Å². The van der Waals surface area contributed by atoms with E-state index in [4.69, 9.17) is 16.3 Å². The predicted octanol–water partition coefficient (Wildman–Crippen LogP) is 4.25. The highest BCUT2D eigenvalue weighted by atomic mass is 35.5. The summed E-state index contributed by atoms with van der Waals surface area (Å²) in [6, 6.07) is 20.2. The van der Waals surface area contributed by atoms with Crippen LogP contribution in [0.25, 0.3) is 0 Å². The maximum absolute atomic E-state index is 14.2. The lowest BCUT2D eigenvalue weighted by Crippen LogP contribution is -2.47. The third kappa shape index (κ3) is 4.74. The van der Waals surface area contributed by atoms with Crippen LogP contribution in [0.4, 0.5) is 0 Å². The molecule has 1 unspecified atom stereocenters. The van der Waals surface area contributed by atoms with Crippen LogP contribution in [-0.2, 0) is 27.4 Å². The monoisotopic (exact) mass is 548 g/mol. The molecule has 1 aliphatic carbocycles. The number of hydrogen-bond acceptors (Lipinski definition) is 5. The summed E-state index contributed by atoms with van der Waals surface area (Å²) in [5.41, 5.74) is 0.482. The molecule has 0 radical (unpaired) electrons. The summed E-state index contributed by atoms with van der Waals surface area (Å²) in [6.07, 6.45) is 1.68. The quantitative estimate of drug-likeness (QED) is 0.371. The summed E-state index contributed by atoms with van der Waals surface area (Å²) in [7, 11) is 1.45. The molecule has 8 heteroatoms. The largest absolute Gasteiger partial charge is 0.396 e. The molecule has 7 nitrogen and oxygen atoms in total. The van der Waals surface area contributed by atoms with Gasteiger partial charge in [0.05, 0.1) is 13.2 Å². The molecule has 1 aliphatic heterocycles. The Hall–Kier alpha value is -3.23. The van der Waals surface area contributed by atoms with Gasteiger partial charge in [-0.2, -0.15) is 0 Å². The molecular weight excluding hydrogens is 516 g/mol. The first-order valence-electron chi connectivity index (χ1n) is 13.0. The van der Waals surface area contributed by atoms with E-state index in [1.54, 1.807) is 35.2 Å². The van der Waals surface area contributed by atoms with Crippen molar-refractivity contribution in [1.82, 2.24) is 10.2 Å². The summed E-state index contributed by atoms with van der Waals surface area (Å²) < 4.78 is 6.79. The summed E-state index contributed by atoms with van der Waals surface area (Å²) in [4.78, 5) is 28.4. The van der Waals surface area contributed by atoms with Crippen molar-refractivity contribution in [3.8, 4) is 0 Å². The standard InChI is InChI=1S/C31H33ClN2O5/c1-20-4-6-21(7-5-20)17-34-27(36)25-16-23(29(2,38)28(37)33-3)10-13-26(25)31(34,22-8-11-24(32)12-9-22)39-19-30(18-35)14-15-30/h4-13,16,35,38H,14-15,17-19H2,1-3H3,(H,33,37)/t29?,31-/m1/s1. The molecule has 204 valence electrons. The zero-order valence-electron chi connectivity index (χ0n) is 22.3. The average Bonchev–Trinajstić information content (AvgIpc) is 3.69. The molecule has 2 atom stereocenters. The number of amides is 2. The van der Waals surface area contributed by atoms with Crippen LogP contribution in [0.15, 0.2) is 66.7 Å². The topological polar surface area (TPSA) is 99.1 Å². The van der Waals surface area contributed by atoms with Gasteiger partial charge in [0.15, 0.2) is 11.3 Å². The SMILES string of the molecule is CNC(=O)C(C)(O)c1ccc2c(c1)C(=O)N(Cc1ccc(C)cc1)[C@@]2(OCC1(CO)CC1)c1ccc(Cl)cc1. The first-order chi connectivity index (χ1) is 18.6. The minimum absolute atomic E-state index is 0.00357. The number of carbonyl (C=O) groups is 2. The summed E-state index contributed by atoms with van der Waals surface area (Å²) in [5, 5.41) is 24.1. The van der Waals surface area contributed by atoms with E-state index in [1.807, 2.05) is 43.3 Å². The molecule has 1 saturated carbocycles. The van der Waals surface area contributed by atoms with Crippen molar-refractivity contribution in [2.75, 3.05) is 20.3 Å². The highest BCUT2D eigenvalue weighted by molar-refractivity contribution is 6.30. The van der Waals surface area contributed by atoms with E-state index in [-0.39, 0.29) is 31.1 Å². The molecule has 0 aromatic heterocycles. The van der Waals surface area contributed by atoms with Crippen LogP contribution in [0.1, 0.15) is 57.9 Å². The fraction of sp³-hybridized carbons (Fsp3) is 0.355. The van der Waals surface area contributed by atoms with Gasteiger partial charge in [-0.3, -0.25) is 14.5 Å². The number of aryl methyl sites for hydroxylation is 1. The van der Waals surface area contributed by atoms with Gasteiger partial charge < -0.3 is 20.3 Å². The minimum atomic E-state index is -1.84. The number of aliphatic hydroxyl groups is 2. The van der Waals surface area contributed by atoms with Crippen molar-refractivity contribution in [2.24, 2.45) is 5.41 Å². The van der Waals surface area contributed by atoms with E-state index in [9.17, 15) is 19.8 Å². The van der Waals surface area contributed by atoms with Gasteiger partial charge in [0.1, 0.15) is 0 Å². The highest BCUT2D eigenvalue weighted by Crippen LogP contribution is 2.51. The Kier molecular flexibility index (Phi) is 7.06. The maximum atomic E-state index is 14.2. The second-order valence-electron chi connectivity index (χ2n) is 10.9. The fourth-order valence-electron chi connectivity index (χ4n) is 5.20. The Morgan fingerprint density at radius 1 is 1.10 bits per heavy atom. The molecular formula is C31H33ClN2O5. The first-order valence-corrected chi connectivity index (χ1v) is 13.4. The zero-order valence-corrected chi connectivity index (χ0v) is 23.1. The van der Waals surface area contributed by atoms with Crippen molar-refractivity contribution in [2.45, 2.75) is 44.6 Å². The molecule has 3 aromatic carbocycles. The number of fused-ring (bicyclic) bond motifs is 1. The molecule has 3 N–H and O–H groups in total. The van der Waals surface area contributed by atoms with Crippen LogP contribution in [0.2, 0.25) is 5.02 Å². The number of nitrogens with one attached hydrogen (secondary N) is 1. The van der Waals surface area contributed by atoms with Crippen molar-refractivity contribution in [1.29, 1.82) is 0 Å². The van der Waals surface area contributed by atoms with Crippen molar-refractivity contribution in [3.63, 3.8) is 0 Å². The third-order valence-electron chi connectivity index (χ3n) is 8.05. The number of nitrogens with zero attached hydrogens (tertiary/aromatic N) is 1. The molecule has 5 rings (SSSR count). The Morgan fingerprint density at radius 3 is 2.36 bits per heavy atom. The lowest BCUT2D eigenvalue weighted by molar-refractivity contribution is -0.138. The van der Waals surface area contributed by atoms with Gasteiger partial charge in [-0.25, -0.2) is 0 Å². The Labute approximate surface area is 233 Å². The Balaban J connectivity index is 1.70. The van der Waals surface area contributed by atoms with E-state index in [0.29, 0.717) is 27.3 Å². The lowest BCUT2D eigenvalue weighted by atomic mass is 9.88. The number of rotatable bonds is 9. The lowest BCUT2D eigenvalue weighted by Gasteiger charge is -2.40. The van der Waals surface area contributed by atoms with E-state index < -0.39 is 17.2 Å². The summed E-state index contributed by atoms with van der Waals surface area (Å²) in [6.45, 7) is 3.91. The van der Waals surface area contributed by atoms with Gasteiger partial charge in [-0.15, -0.1) is 0 Å². The smallest absolute Gasteiger partial charge is 0.257 e. The minimum Gasteiger partial charge on any atom is -0.396 e. The molecule has 0 saturated heterocycles. The van der Waals surface area contributed by atoms with Crippen molar-refractivity contribution >= 4 is 23.4 Å². The van der Waals surface area contributed by atoms with E-state index in [0.717, 1.165) is 24.0 Å². The number of carbonyl (C=O) groups excluding carboxylic acids is 2. The van der Waals surface area contributed by atoms with Gasteiger partial charge >= 0.3 is 0 Å². The molecule has 1 heterocycles. The Bertz CT molecular complexity index is 1400. The molecule has 3 aromatic rings. The maximum Gasteiger partial charge on any atom is 0.257 e. The van der Waals surface area contributed by atoms with Crippen LogP contribution < -0.4 is 5.32 Å². The number of aliphatic hydroxyl groups excluding tert-OH is 1. The normalized spacial score (nSPS) is 20.9. The Morgan fingerprint density at radius 2 is 1.77 bits per heavy atom. The fourth-order valence-corrected chi connectivity index (χ4v) is 5.32. The van der Waals surface area contributed by atoms with Crippen LogP contribution >= 0.6 is 11.6 Å². The number of halogens is 1. The van der Waals surface area contributed by atoms with Crippen LogP contribution in [0.3, 0.4) is 0 Å². The van der Waals surface area contributed by atoms with E-state index in [2.05, 4.69) is 5.32 Å². The number of ether oxygens (including phenoxy) is 1.